The van der Waals surface area contributed by atoms with E-state index in [1.165, 1.54) is 0 Å². The van der Waals surface area contributed by atoms with Crippen LogP contribution in [0, 0.1) is 0 Å². The first-order valence-electron chi connectivity index (χ1n) is 2.48. The summed E-state index contributed by atoms with van der Waals surface area (Å²) in [4.78, 5) is 0. The molecule has 0 aliphatic heterocycles. The van der Waals surface area contributed by atoms with Crippen molar-refractivity contribution in [3.05, 3.63) is 5.01 Å². The molecule has 0 radical (unpaired) electrons. The minimum Gasteiger partial charge on any atom is -0.164 e. The van der Waals surface area contributed by atoms with Crippen molar-refractivity contribution in [2.45, 2.75) is 10.5 Å². The highest BCUT2D eigenvalue weighted by molar-refractivity contribution is 8.00. The standard InChI is InChI=1S/C4H3F3N2S2/c1-10-3-9-8-2(11-3)4(5,6)7/h1H3. The summed E-state index contributed by atoms with van der Waals surface area (Å²) >= 11 is 1.71. The lowest BCUT2D eigenvalue weighted by Gasteiger charge is -1.96. The van der Waals surface area contributed by atoms with E-state index in [-0.39, 0.29) is 0 Å². The number of halogens is 3. The van der Waals surface area contributed by atoms with Gasteiger partial charge in [0.25, 0.3) is 0 Å². The van der Waals surface area contributed by atoms with E-state index in [4.69, 9.17) is 0 Å². The van der Waals surface area contributed by atoms with Crippen molar-refractivity contribution in [3.63, 3.8) is 0 Å². The SMILES string of the molecule is CSc1nnc(C(F)(F)F)s1. The van der Waals surface area contributed by atoms with Crippen LogP contribution in [-0.2, 0) is 6.18 Å². The number of thioether (sulfide) groups is 1. The molecule has 0 bridgehead atoms. The van der Waals surface area contributed by atoms with Crippen molar-refractivity contribution in [3.8, 4) is 0 Å². The molecular formula is C4H3F3N2S2. The van der Waals surface area contributed by atoms with Crippen molar-refractivity contribution in [2.24, 2.45) is 0 Å². The molecular weight excluding hydrogens is 197 g/mol. The van der Waals surface area contributed by atoms with E-state index in [0.717, 1.165) is 11.8 Å². The maximum atomic E-state index is 11.8. The van der Waals surface area contributed by atoms with Crippen LogP contribution < -0.4 is 0 Å². The zero-order valence-electron chi connectivity index (χ0n) is 5.34. The number of nitrogens with zero attached hydrogens (tertiary/aromatic N) is 2. The highest BCUT2D eigenvalue weighted by Gasteiger charge is 2.35. The number of hydrogen-bond donors (Lipinski definition) is 0. The molecule has 0 amide bonds. The molecule has 1 rings (SSSR count). The third-order valence-electron chi connectivity index (χ3n) is 0.824. The maximum absolute atomic E-state index is 11.8. The summed E-state index contributed by atoms with van der Waals surface area (Å²) in [7, 11) is 0. The molecule has 0 fully saturated rings. The van der Waals surface area contributed by atoms with Crippen LogP contribution in [0.25, 0.3) is 0 Å². The number of rotatable bonds is 1. The molecule has 0 atom stereocenters. The smallest absolute Gasteiger partial charge is 0.164 e. The number of hydrogen-bond acceptors (Lipinski definition) is 4. The van der Waals surface area contributed by atoms with Crippen molar-refractivity contribution in [1.82, 2.24) is 10.2 Å². The summed E-state index contributed by atoms with van der Waals surface area (Å²) in [5.41, 5.74) is 0. The third-order valence-corrected chi connectivity index (χ3v) is 2.77. The summed E-state index contributed by atoms with van der Waals surface area (Å²) in [5.74, 6) is 0. The molecule has 0 aliphatic rings. The van der Waals surface area contributed by atoms with Crippen LogP contribution >= 0.6 is 23.1 Å². The highest BCUT2D eigenvalue weighted by atomic mass is 32.2. The maximum Gasteiger partial charge on any atom is 0.445 e. The van der Waals surface area contributed by atoms with E-state index in [0.29, 0.717) is 15.7 Å². The summed E-state index contributed by atoms with van der Waals surface area (Å²) in [6.45, 7) is 0. The quantitative estimate of drug-likeness (QED) is 0.650. The van der Waals surface area contributed by atoms with E-state index in [1.54, 1.807) is 6.26 Å². The monoisotopic (exact) mass is 200 g/mol. The van der Waals surface area contributed by atoms with Crippen LogP contribution in [0.1, 0.15) is 5.01 Å². The third kappa shape index (κ3) is 2.06. The van der Waals surface area contributed by atoms with Crippen LogP contribution in [0.2, 0.25) is 0 Å². The van der Waals surface area contributed by atoms with Crippen LogP contribution in [-0.4, -0.2) is 16.5 Å². The Morgan fingerprint density at radius 1 is 1.36 bits per heavy atom. The second-order valence-electron chi connectivity index (χ2n) is 1.58. The van der Waals surface area contributed by atoms with Gasteiger partial charge < -0.3 is 0 Å². The fourth-order valence-corrected chi connectivity index (χ4v) is 1.54. The van der Waals surface area contributed by atoms with E-state index in [9.17, 15) is 13.2 Å². The average molecular weight is 200 g/mol. The molecule has 1 aromatic rings. The Hall–Kier alpha value is -0.300. The Labute approximate surface area is 68.8 Å². The van der Waals surface area contributed by atoms with E-state index >= 15 is 0 Å². The Bertz CT molecular complexity index is 244. The van der Waals surface area contributed by atoms with Gasteiger partial charge in [-0.1, -0.05) is 23.1 Å². The topological polar surface area (TPSA) is 25.8 Å². The van der Waals surface area contributed by atoms with Gasteiger partial charge in [-0.3, -0.25) is 0 Å². The molecule has 0 spiro atoms. The average Bonchev–Trinajstić information content (AvgIpc) is 2.32. The molecule has 1 heterocycles. The zero-order valence-corrected chi connectivity index (χ0v) is 6.98. The molecule has 1 aromatic heterocycles. The minimum atomic E-state index is -4.36. The van der Waals surface area contributed by atoms with Crippen molar-refractivity contribution in [1.29, 1.82) is 0 Å². The van der Waals surface area contributed by atoms with Gasteiger partial charge in [-0.15, -0.1) is 10.2 Å². The molecule has 0 unspecified atom stereocenters. The first-order valence-corrected chi connectivity index (χ1v) is 4.53. The van der Waals surface area contributed by atoms with E-state index in [1.807, 2.05) is 0 Å². The minimum absolute atomic E-state index is 0.331. The van der Waals surface area contributed by atoms with E-state index < -0.39 is 11.2 Å². The van der Waals surface area contributed by atoms with Gasteiger partial charge in [0.05, 0.1) is 0 Å². The lowest BCUT2D eigenvalue weighted by Crippen LogP contribution is -2.03. The van der Waals surface area contributed by atoms with Crippen LogP contribution in [0.15, 0.2) is 4.34 Å². The predicted octanol–water partition coefficient (Wildman–Crippen LogP) is 2.28. The second-order valence-corrected chi connectivity index (χ2v) is 3.61. The molecule has 11 heavy (non-hydrogen) atoms. The fraction of sp³-hybridized carbons (Fsp3) is 0.500. The zero-order chi connectivity index (χ0) is 8.48. The first kappa shape index (κ1) is 8.79. The fourth-order valence-electron chi connectivity index (χ4n) is 0.407. The lowest BCUT2D eigenvalue weighted by atomic mass is 10.7. The molecule has 0 saturated heterocycles. The van der Waals surface area contributed by atoms with Crippen LogP contribution in [0.3, 0.4) is 0 Å². The highest BCUT2D eigenvalue weighted by Crippen LogP contribution is 2.33. The summed E-state index contributed by atoms with van der Waals surface area (Å²) in [6.07, 6.45) is -2.70. The van der Waals surface area contributed by atoms with E-state index in [2.05, 4.69) is 10.2 Å². The number of aromatic nitrogens is 2. The summed E-state index contributed by atoms with van der Waals surface area (Å²) in [6, 6.07) is 0. The van der Waals surface area contributed by atoms with Gasteiger partial charge in [-0.05, 0) is 6.26 Å². The molecule has 7 heteroatoms. The normalized spacial score (nSPS) is 12.0. The molecule has 0 saturated carbocycles. The molecule has 0 N–H and O–H groups in total. The van der Waals surface area contributed by atoms with Gasteiger partial charge >= 0.3 is 6.18 Å². The van der Waals surface area contributed by atoms with Gasteiger partial charge in [-0.25, -0.2) is 0 Å². The van der Waals surface area contributed by atoms with Crippen molar-refractivity contribution < 1.29 is 13.2 Å². The predicted molar refractivity (Wildman–Crippen MR) is 36.7 cm³/mol. The molecule has 0 aliphatic carbocycles. The lowest BCUT2D eigenvalue weighted by molar-refractivity contribution is -0.138. The summed E-state index contributed by atoms with van der Waals surface area (Å²) in [5, 5.41) is 5.41. The Morgan fingerprint density at radius 3 is 2.27 bits per heavy atom. The number of alkyl halides is 3. The molecule has 2 nitrogen and oxygen atoms in total. The molecule has 0 aromatic carbocycles. The largest absolute Gasteiger partial charge is 0.445 e. The Balaban J connectivity index is 2.89. The van der Waals surface area contributed by atoms with Gasteiger partial charge in [0.15, 0.2) is 4.34 Å². The molecule has 62 valence electrons. The van der Waals surface area contributed by atoms with Gasteiger partial charge in [0.2, 0.25) is 5.01 Å². The Morgan fingerprint density at radius 2 is 2.00 bits per heavy atom. The first-order chi connectivity index (χ1) is 5.04. The van der Waals surface area contributed by atoms with Gasteiger partial charge in [0.1, 0.15) is 0 Å². The van der Waals surface area contributed by atoms with Gasteiger partial charge in [-0.2, -0.15) is 13.2 Å². The van der Waals surface area contributed by atoms with Crippen LogP contribution in [0.5, 0.6) is 0 Å². The Kier molecular flexibility index (Phi) is 2.38. The van der Waals surface area contributed by atoms with Crippen molar-refractivity contribution >= 4 is 23.1 Å². The van der Waals surface area contributed by atoms with Crippen molar-refractivity contribution in [2.75, 3.05) is 6.26 Å². The summed E-state index contributed by atoms with van der Waals surface area (Å²) < 4.78 is 35.8. The van der Waals surface area contributed by atoms with Crippen LogP contribution in [0.4, 0.5) is 13.2 Å². The van der Waals surface area contributed by atoms with Gasteiger partial charge in [0, 0.05) is 0 Å². The second kappa shape index (κ2) is 2.98.